The van der Waals surface area contributed by atoms with E-state index >= 15 is 0 Å². The second kappa shape index (κ2) is 12.7. The summed E-state index contributed by atoms with van der Waals surface area (Å²) in [5.41, 5.74) is 0. The van der Waals surface area contributed by atoms with Crippen LogP contribution < -0.4 is 10.6 Å². The first-order chi connectivity index (χ1) is 10.8. The Hall–Kier alpha value is -0.850. The summed E-state index contributed by atoms with van der Waals surface area (Å²) in [6.07, 6.45) is 2.19. The summed E-state index contributed by atoms with van der Waals surface area (Å²) in [7, 11) is 0. The Morgan fingerprint density at radius 2 is 2.00 bits per heavy atom. The third-order valence-corrected chi connectivity index (χ3v) is 3.74. The van der Waals surface area contributed by atoms with Crippen LogP contribution in [0.4, 0.5) is 0 Å². The maximum absolute atomic E-state index is 5.40. The van der Waals surface area contributed by atoms with Crippen LogP contribution in [0.25, 0.3) is 0 Å². The Balaban J connectivity index is 2.24. The number of rotatable bonds is 10. The van der Waals surface area contributed by atoms with Gasteiger partial charge in [-0.1, -0.05) is 0 Å². The molecule has 1 rings (SSSR count). The second-order valence-corrected chi connectivity index (χ2v) is 5.55. The van der Waals surface area contributed by atoms with Crippen molar-refractivity contribution in [2.75, 3.05) is 59.2 Å². The van der Waals surface area contributed by atoms with Crippen LogP contribution in [0.1, 0.15) is 33.6 Å². The summed E-state index contributed by atoms with van der Waals surface area (Å²) in [5.74, 6) is 0.916. The van der Waals surface area contributed by atoms with Crippen LogP contribution in [0.15, 0.2) is 4.99 Å². The van der Waals surface area contributed by atoms with Crippen LogP contribution >= 0.6 is 0 Å². The van der Waals surface area contributed by atoms with E-state index in [1.165, 1.54) is 0 Å². The number of hydrogen-bond acceptors (Lipinski definition) is 4. The van der Waals surface area contributed by atoms with Crippen molar-refractivity contribution in [3.63, 3.8) is 0 Å². The Labute approximate surface area is 135 Å². The van der Waals surface area contributed by atoms with Gasteiger partial charge in [-0.2, -0.15) is 0 Å². The summed E-state index contributed by atoms with van der Waals surface area (Å²) in [6, 6.07) is 0.456. The highest BCUT2D eigenvalue weighted by atomic mass is 16.5. The largest absolute Gasteiger partial charge is 0.382 e. The Bertz CT molecular complexity index is 294. The van der Waals surface area contributed by atoms with Gasteiger partial charge < -0.3 is 20.1 Å². The van der Waals surface area contributed by atoms with E-state index < -0.39 is 0 Å². The van der Waals surface area contributed by atoms with E-state index in [0.717, 1.165) is 78.0 Å². The monoisotopic (exact) mass is 314 g/mol. The summed E-state index contributed by atoms with van der Waals surface area (Å²) >= 11 is 0. The van der Waals surface area contributed by atoms with Gasteiger partial charge in [0.25, 0.3) is 0 Å². The molecular formula is C16H34N4O2. The molecule has 6 nitrogen and oxygen atoms in total. The van der Waals surface area contributed by atoms with Crippen LogP contribution in [-0.2, 0) is 9.47 Å². The molecule has 0 bridgehead atoms. The maximum Gasteiger partial charge on any atom is 0.191 e. The molecule has 1 atom stereocenters. The highest BCUT2D eigenvalue weighted by Gasteiger charge is 2.16. The highest BCUT2D eigenvalue weighted by molar-refractivity contribution is 5.79. The van der Waals surface area contributed by atoms with Gasteiger partial charge in [0.15, 0.2) is 5.96 Å². The number of aliphatic imine (C=N–C) groups is 1. The lowest BCUT2D eigenvalue weighted by atomic mass is 10.2. The van der Waals surface area contributed by atoms with Gasteiger partial charge in [-0.3, -0.25) is 9.89 Å². The quantitative estimate of drug-likeness (QED) is 0.359. The third kappa shape index (κ3) is 8.56. The molecule has 1 heterocycles. The van der Waals surface area contributed by atoms with Crippen LogP contribution in [0.2, 0.25) is 0 Å². The van der Waals surface area contributed by atoms with Crippen molar-refractivity contribution in [1.82, 2.24) is 15.5 Å². The average molecular weight is 314 g/mol. The molecule has 1 aliphatic rings. The normalized spacial score (nSPS) is 18.2. The number of morpholine rings is 1. The van der Waals surface area contributed by atoms with E-state index in [4.69, 9.17) is 14.5 Å². The van der Waals surface area contributed by atoms with E-state index in [-0.39, 0.29) is 0 Å². The molecule has 0 spiro atoms. The van der Waals surface area contributed by atoms with E-state index in [0.29, 0.717) is 6.04 Å². The zero-order valence-electron chi connectivity index (χ0n) is 14.6. The zero-order valence-corrected chi connectivity index (χ0v) is 14.6. The van der Waals surface area contributed by atoms with Gasteiger partial charge in [-0.05, 0) is 33.6 Å². The molecule has 2 N–H and O–H groups in total. The molecule has 6 heteroatoms. The second-order valence-electron chi connectivity index (χ2n) is 5.55. The van der Waals surface area contributed by atoms with E-state index in [1.807, 2.05) is 6.92 Å². The standard InChI is InChI=1S/C16H34N4O2/c1-4-17-16(18-8-6-7-11-21-5-2)19-14-15(3)20-9-12-22-13-10-20/h15H,4-14H2,1-3H3,(H2,17,18,19). The smallest absolute Gasteiger partial charge is 0.191 e. The number of nitrogens with zero attached hydrogens (tertiary/aromatic N) is 2. The van der Waals surface area contributed by atoms with Gasteiger partial charge in [0.2, 0.25) is 0 Å². The van der Waals surface area contributed by atoms with E-state index in [9.17, 15) is 0 Å². The molecule has 130 valence electrons. The predicted octanol–water partition coefficient (Wildman–Crippen LogP) is 1.08. The van der Waals surface area contributed by atoms with Crippen LogP contribution in [-0.4, -0.2) is 76.1 Å². The van der Waals surface area contributed by atoms with Crippen molar-refractivity contribution < 1.29 is 9.47 Å². The van der Waals surface area contributed by atoms with Gasteiger partial charge in [0.05, 0.1) is 19.8 Å². The summed E-state index contributed by atoms with van der Waals surface area (Å²) < 4.78 is 10.7. The van der Waals surface area contributed by atoms with E-state index in [1.54, 1.807) is 0 Å². The lowest BCUT2D eigenvalue weighted by molar-refractivity contribution is 0.0220. The van der Waals surface area contributed by atoms with E-state index in [2.05, 4.69) is 29.4 Å². The van der Waals surface area contributed by atoms with Gasteiger partial charge in [-0.25, -0.2) is 0 Å². The molecule has 1 fully saturated rings. The minimum atomic E-state index is 0.456. The summed E-state index contributed by atoms with van der Waals surface area (Å²) in [6.45, 7) is 14.4. The Morgan fingerprint density at radius 3 is 2.68 bits per heavy atom. The summed E-state index contributed by atoms with van der Waals surface area (Å²) in [5, 5.41) is 6.70. The molecule has 0 radical (unpaired) electrons. The highest BCUT2D eigenvalue weighted by Crippen LogP contribution is 2.03. The fraction of sp³-hybridized carbons (Fsp3) is 0.938. The molecule has 0 saturated carbocycles. The topological polar surface area (TPSA) is 58.1 Å². The minimum Gasteiger partial charge on any atom is -0.382 e. The fourth-order valence-corrected chi connectivity index (χ4v) is 2.38. The number of hydrogen-bond donors (Lipinski definition) is 2. The average Bonchev–Trinajstić information content (AvgIpc) is 2.56. The van der Waals surface area contributed by atoms with Crippen LogP contribution in [0.3, 0.4) is 0 Å². The van der Waals surface area contributed by atoms with Crippen molar-refractivity contribution in [3.8, 4) is 0 Å². The number of unbranched alkanes of at least 4 members (excludes halogenated alkanes) is 1. The molecule has 0 amide bonds. The van der Waals surface area contributed by atoms with Crippen molar-refractivity contribution in [1.29, 1.82) is 0 Å². The molecule has 0 aromatic rings. The molecule has 0 aromatic heterocycles. The molecular weight excluding hydrogens is 280 g/mol. The molecule has 1 saturated heterocycles. The molecule has 1 aliphatic heterocycles. The van der Waals surface area contributed by atoms with Crippen LogP contribution in [0.5, 0.6) is 0 Å². The number of ether oxygens (including phenoxy) is 2. The van der Waals surface area contributed by atoms with Gasteiger partial charge in [0, 0.05) is 45.4 Å². The SMILES string of the molecule is CCNC(=NCC(C)N1CCOCC1)NCCCCOCC. The first-order valence-electron chi connectivity index (χ1n) is 8.69. The lowest BCUT2D eigenvalue weighted by Crippen LogP contribution is -2.44. The zero-order chi connectivity index (χ0) is 16.0. The third-order valence-electron chi connectivity index (χ3n) is 3.74. The fourth-order valence-electron chi connectivity index (χ4n) is 2.38. The van der Waals surface area contributed by atoms with Crippen molar-refractivity contribution in [3.05, 3.63) is 0 Å². The van der Waals surface area contributed by atoms with Crippen molar-refractivity contribution in [2.45, 2.75) is 39.7 Å². The van der Waals surface area contributed by atoms with Gasteiger partial charge in [-0.15, -0.1) is 0 Å². The first-order valence-corrected chi connectivity index (χ1v) is 8.69. The Morgan fingerprint density at radius 1 is 1.23 bits per heavy atom. The van der Waals surface area contributed by atoms with Crippen LogP contribution in [0, 0.1) is 0 Å². The number of guanidine groups is 1. The summed E-state index contributed by atoms with van der Waals surface area (Å²) in [4.78, 5) is 7.15. The lowest BCUT2D eigenvalue weighted by Gasteiger charge is -2.31. The maximum atomic E-state index is 5.40. The predicted molar refractivity (Wildman–Crippen MR) is 91.6 cm³/mol. The molecule has 22 heavy (non-hydrogen) atoms. The van der Waals surface area contributed by atoms with Crippen molar-refractivity contribution in [2.24, 2.45) is 4.99 Å². The van der Waals surface area contributed by atoms with Gasteiger partial charge >= 0.3 is 0 Å². The first kappa shape index (κ1) is 19.2. The molecule has 1 unspecified atom stereocenters. The molecule has 0 aliphatic carbocycles. The Kier molecular flexibility index (Phi) is 11.1. The van der Waals surface area contributed by atoms with Crippen molar-refractivity contribution >= 4 is 5.96 Å². The minimum absolute atomic E-state index is 0.456. The molecule has 0 aromatic carbocycles. The number of nitrogens with one attached hydrogen (secondary N) is 2. The van der Waals surface area contributed by atoms with Gasteiger partial charge in [0.1, 0.15) is 0 Å².